The van der Waals surface area contributed by atoms with Crippen molar-refractivity contribution in [1.29, 1.82) is 0 Å². The molecule has 5 heterocycles. The summed E-state index contributed by atoms with van der Waals surface area (Å²) in [5.74, 6) is -0.627. The average molecular weight is 828 g/mol. The van der Waals surface area contributed by atoms with E-state index in [-0.39, 0.29) is 49.1 Å². The predicted octanol–water partition coefficient (Wildman–Crippen LogP) is 4.52. The first-order chi connectivity index (χ1) is 29.7. The van der Waals surface area contributed by atoms with Crippen LogP contribution in [-0.4, -0.2) is 111 Å². The number of benzene rings is 3. The van der Waals surface area contributed by atoms with Crippen LogP contribution in [0.3, 0.4) is 0 Å². The number of para-hydroxylation sites is 1. The number of nitrogens with two attached hydrogens (primary N) is 1. The molecule has 3 aliphatic rings. The number of nitrogen functional groups attached to an aromatic ring is 1. The van der Waals surface area contributed by atoms with E-state index < -0.39 is 29.7 Å². The fraction of sp³-hybridized carbons (Fsp3) is 0.318. The lowest BCUT2D eigenvalue weighted by molar-refractivity contribution is -0.136. The Morgan fingerprint density at radius 3 is 2.44 bits per heavy atom. The van der Waals surface area contributed by atoms with E-state index in [1.165, 1.54) is 6.33 Å². The Balaban J connectivity index is 0.782. The Hall–Kier alpha value is -6.98. The summed E-state index contributed by atoms with van der Waals surface area (Å²) in [7, 11) is 0. The van der Waals surface area contributed by atoms with Gasteiger partial charge in [-0.25, -0.2) is 14.6 Å². The molecule has 17 nitrogen and oxygen atoms in total. The minimum Gasteiger partial charge on any atom is -0.457 e. The van der Waals surface area contributed by atoms with Crippen molar-refractivity contribution >= 4 is 52.1 Å². The summed E-state index contributed by atoms with van der Waals surface area (Å²) in [5, 5.41) is 11.0. The molecule has 4 N–H and O–H groups in total. The molecule has 17 heteroatoms. The number of hydrogen-bond donors (Lipinski definition) is 3. The third-order valence-corrected chi connectivity index (χ3v) is 10.9. The highest BCUT2D eigenvalue weighted by Gasteiger charge is 2.45. The third-order valence-electron chi connectivity index (χ3n) is 10.9. The Bertz CT molecular complexity index is 2490. The van der Waals surface area contributed by atoms with Crippen LogP contribution in [0.5, 0.6) is 11.5 Å². The van der Waals surface area contributed by atoms with Crippen LogP contribution in [0.2, 0.25) is 0 Å². The Morgan fingerprint density at radius 1 is 0.885 bits per heavy atom. The van der Waals surface area contributed by atoms with E-state index in [4.69, 9.17) is 25.0 Å². The van der Waals surface area contributed by atoms with Crippen LogP contribution in [0.4, 0.5) is 11.5 Å². The molecule has 8 rings (SSSR count). The summed E-state index contributed by atoms with van der Waals surface area (Å²) in [6.45, 7) is 6.59. The number of fused-ring (bicyclic) bond motifs is 2. The van der Waals surface area contributed by atoms with Crippen LogP contribution in [0.15, 0.2) is 91.3 Å². The zero-order chi connectivity index (χ0) is 42.5. The molecule has 0 spiro atoms. The highest BCUT2D eigenvalue weighted by atomic mass is 16.5. The molecule has 5 amide bonds. The van der Waals surface area contributed by atoms with Gasteiger partial charge in [-0.3, -0.25) is 34.2 Å². The molecule has 3 aliphatic heterocycles. The molecule has 2 atom stereocenters. The average Bonchev–Trinajstić information content (AvgIpc) is 3.79. The van der Waals surface area contributed by atoms with Crippen molar-refractivity contribution in [1.82, 2.24) is 34.9 Å². The number of carbonyl (C=O) groups excluding carboxylic acids is 5. The summed E-state index contributed by atoms with van der Waals surface area (Å²) in [4.78, 5) is 75.5. The lowest BCUT2D eigenvalue weighted by atomic mass is 10.0. The molecule has 0 radical (unpaired) electrons. The van der Waals surface area contributed by atoms with Gasteiger partial charge >= 0.3 is 0 Å². The summed E-state index contributed by atoms with van der Waals surface area (Å²) >= 11 is 0. The van der Waals surface area contributed by atoms with Crippen LogP contribution in [-0.2, 0) is 23.9 Å². The zero-order valence-electron chi connectivity index (χ0n) is 33.4. The van der Waals surface area contributed by atoms with Crippen molar-refractivity contribution < 1.29 is 38.2 Å². The lowest BCUT2D eigenvalue weighted by Gasteiger charge is -2.33. The van der Waals surface area contributed by atoms with Crippen molar-refractivity contribution in [2.24, 2.45) is 0 Å². The maximum absolute atomic E-state index is 13.6. The van der Waals surface area contributed by atoms with E-state index in [1.807, 2.05) is 59.3 Å². The van der Waals surface area contributed by atoms with Crippen LogP contribution >= 0.6 is 0 Å². The van der Waals surface area contributed by atoms with E-state index in [2.05, 4.69) is 27.2 Å². The summed E-state index contributed by atoms with van der Waals surface area (Å²) in [6, 6.07) is 20.9. The molecule has 0 bridgehead atoms. The van der Waals surface area contributed by atoms with E-state index in [9.17, 15) is 24.0 Å². The fourth-order valence-corrected chi connectivity index (χ4v) is 7.86. The van der Waals surface area contributed by atoms with E-state index >= 15 is 0 Å². The lowest BCUT2D eigenvalue weighted by Crippen LogP contribution is -2.54. The summed E-state index contributed by atoms with van der Waals surface area (Å²) < 4.78 is 19.3. The predicted molar refractivity (Wildman–Crippen MR) is 224 cm³/mol. The highest BCUT2D eigenvalue weighted by molar-refractivity contribution is 6.25. The Morgan fingerprint density at radius 2 is 1.66 bits per heavy atom. The Labute approximate surface area is 350 Å². The molecule has 3 aromatic carbocycles. The summed E-state index contributed by atoms with van der Waals surface area (Å²) in [6.07, 6.45) is 3.49. The molecule has 0 saturated carbocycles. The van der Waals surface area contributed by atoms with Crippen molar-refractivity contribution in [3.63, 3.8) is 0 Å². The number of anilines is 2. The normalized spacial score (nSPS) is 17.7. The molecule has 61 heavy (non-hydrogen) atoms. The number of aromatic nitrogens is 4. The van der Waals surface area contributed by atoms with Gasteiger partial charge < -0.3 is 30.2 Å². The maximum Gasteiger partial charge on any atom is 0.264 e. The molecule has 0 aliphatic carbocycles. The van der Waals surface area contributed by atoms with Crippen LogP contribution in [0.1, 0.15) is 58.9 Å². The second-order valence-electron chi connectivity index (χ2n) is 14.9. The van der Waals surface area contributed by atoms with Gasteiger partial charge in [-0.1, -0.05) is 30.8 Å². The monoisotopic (exact) mass is 827 g/mol. The number of nitrogens with one attached hydrogen (secondary N) is 2. The van der Waals surface area contributed by atoms with Gasteiger partial charge in [0, 0.05) is 49.3 Å². The number of amides is 5. The van der Waals surface area contributed by atoms with E-state index in [0.29, 0.717) is 78.8 Å². The van der Waals surface area contributed by atoms with Gasteiger partial charge in [0.15, 0.2) is 5.65 Å². The first-order valence-corrected chi connectivity index (χ1v) is 20.2. The topological polar surface area (TPSA) is 213 Å². The molecule has 5 aromatic rings. The van der Waals surface area contributed by atoms with Crippen LogP contribution < -0.4 is 21.1 Å². The SMILES string of the molecule is C=C(CCOCCOCCNc1cccc2c1C(=O)N(C1CCC(=O)NC1=O)C2=O)C(=O)N1CCCC(n2nc(-c3ccc(Oc4ccccc4)cc3)c3c(N)ncnc32)C1. The first-order valence-electron chi connectivity index (χ1n) is 20.2. The largest absolute Gasteiger partial charge is 0.457 e. The highest BCUT2D eigenvalue weighted by Crippen LogP contribution is 2.36. The molecule has 2 fully saturated rings. The van der Waals surface area contributed by atoms with Crippen LogP contribution in [0.25, 0.3) is 22.3 Å². The third kappa shape index (κ3) is 8.69. The molecular formula is C44H45N9O8. The second kappa shape index (κ2) is 18.1. The van der Waals surface area contributed by atoms with Gasteiger partial charge in [0.2, 0.25) is 17.7 Å². The molecular weight excluding hydrogens is 783 g/mol. The number of hydrogen-bond acceptors (Lipinski definition) is 13. The van der Waals surface area contributed by atoms with Gasteiger partial charge in [-0.2, -0.15) is 5.10 Å². The number of rotatable bonds is 16. The van der Waals surface area contributed by atoms with E-state index in [0.717, 1.165) is 29.1 Å². The van der Waals surface area contributed by atoms with Crippen molar-refractivity contribution in [2.75, 3.05) is 57.1 Å². The fourth-order valence-electron chi connectivity index (χ4n) is 7.86. The molecule has 314 valence electrons. The minimum atomic E-state index is -1.04. The van der Waals surface area contributed by atoms with Gasteiger partial charge in [-0.15, -0.1) is 0 Å². The first kappa shape index (κ1) is 40.8. The number of carbonyl (C=O) groups is 5. The maximum atomic E-state index is 13.6. The number of ether oxygens (including phenoxy) is 3. The molecule has 2 unspecified atom stereocenters. The Kier molecular flexibility index (Phi) is 12.1. The minimum absolute atomic E-state index is 0.0485. The second-order valence-corrected chi connectivity index (χ2v) is 14.9. The van der Waals surface area contributed by atoms with Crippen molar-refractivity contribution in [2.45, 2.75) is 44.2 Å². The van der Waals surface area contributed by atoms with Crippen LogP contribution in [0, 0.1) is 0 Å². The molecule has 2 saturated heterocycles. The van der Waals surface area contributed by atoms with Gasteiger partial charge in [0.25, 0.3) is 11.8 Å². The van der Waals surface area contributed by atoms with Gasteiger partial charge in [-0.05, 0) is 67.8 Å². The number of nitrogens with zero attached hydrogens (tertiary/aromatic N) is 6. The number of imide groups is 2. The zero-order valence-corrected chi connectivity index (χ0v) is 33.4. The van der Waals surface area contributed by atoms with Gasteiger partial charge in [0.1, 0.15) is 35.4 Å². The van der Waals surface area contributed by atoms with E-state index in [1.54, 1.807) is 23.1 Å². The smallest absolute Gasteiger partial charge is 0.264 e. The summed E-state index contributed by atoms with van der Waals surface area (Å²) in [5.41, 5.74) is 9.76. The van der Waals surface area contributed by atoms with Crippen molar-refractivity contribution in [3.05, 3.63) is 102 Å². The number of piperidine rings is 2. The van der Waals surface area contributed by atoms with Crippen molar-refractivity contribution in [3.8, 4) is 22.8 Å². The van der Waals surface area contributed by atoms with Gasteiger partial charge in [0.05, 0.1) is 49.0 Å². The standard InChI is InChI=1S/C44H45N9O8/c1-27(18-21-59-23-24-60-22-19-46-33-11-5-10-32-36(33)44(58)52(43(32)57)34-16-17-35(54)49-41(34)55)42(56)51-20-6-7-29(25-51)53-40-37(39(45)47-26-48-40)38(50-53)28-12-14-31(15-13-28)61-30-8-3-2-4-9-30/h2-5,8-15,26,29,34,46H,1,6-7,16-25H2,(H2,45,47,48)(H,49,54,55). The quantitative estimate of drug-likeness (QED) is 0.0710. The molecule has 2 aromatic heterocycles. The number of likely N-dealkylation sites (tertiary alicyclic amines) is 1.